The van der Waals surface area contributed by atoms with Crippen LogP contribution in [0.3, 0.4) is 0 Å². The highest BCUT2D eigenvalue weighted by molar-refractivity contribution is 5.78. The summed E-state index contributed by atoms with van der Waals surface area (Å²) in [6.45, 7) is 6.24. The molecule has 4 nitrogen and oxygen atoms in total. The molecule has 0 aromatic rings. The zero-order chi connectivity index (χ0) is 16.1. The lowest BCUT2D eigenvalue weighted by molar-refractivity contribution is -0.137. The number of amides is 1. The molecule has 0 aromatic carbocycles. The first-order valence-corrected chi connectivity index (χ1v) is 8.11. The van der Waals surface area contributed by atoms with E-state index in [2.05, 4.69) is 12.2 Å². The standard InChI is InChI=1S/C17H31NO3/c1-4-5-6-7-8-9-10-11-16(19)18-15(12-14(2)3)13-17(20)21/h9-10,14-15H,4-8,11-13H2,1-3H3,(H,18,19)(H,20,21)/b10-9+/t15-/m1/s1. The van der Waals surface area contributed by atoms with Gasteiger partial charge in [-0.1, -0.05) is 52.2 Å². The number of carbonyl (C=O) groups excluding carboxylic acids is 1. The molecule has 0 saturated carbocycles. The number of rotatable bonds is 12. The van der Waals surface area contributed by atoms with E-state index >= 15 is 0 Å². The van der Waals surface area contributed by atoms with E-state index in [1.54, 1.807) is 0 Å². The summed E-state index contributed by atoms with van der Waals surface area (Å²) in [5.41, 5.74) is 0. The van der Waals surface area contributed by atoms with E-state index in [1.165, 1.54) is 25.7 Å². The highest BCUT2D eigenvalue weighted by atomic mass is 16.4. The van der Waals surface area contributed by atoms with E-state index in [4.69, 9.17) is 5.11 Å². The molecule has 0 aliphatic heterocycles. The van der Waals surface area contributed by atoms with E-state index in [9.17, 15) is 9.59 Å². The third kappa shape index (κ3) is 13.4. The molecule has 2 N–H and O–H groups in total. The summed E-state index contributed by atoms with van der Waals surface area (Å²) in [5.74, 6) is -0.595. The Morgan fingerprint density at radius 1 is 1.14 bits per heavy atom. The Bertz CT molecular complexity index is 324. The number of carboxylic acids is 1. The molecule has 0 unspecified atom stereocenters. The largest absolute Gasteiger partial charge is 0.481 e. The Labute approximate surface area is 129 Å². The Kier molecular flexibility index (Phi) is 11.6. The van der Waals surface area contributed by atoms with Gasteiger partial charge in [-0.2, -0.15) is 0 Å². The minimum absolute atomic E-state index is 0.00927. The molecule has 122 valence electrons. The van der Waals surface area contributed by atoms with Crippen molar-refractivity contribution in [2.75, 3.05) is 0 Å². The molecule has 0 spiro atoms. The summed E-state index contributed by atoms with van der Waals surface area (Å²) in [7, 11) is 0. The molecule has 21 heavy (non-hydrogen) atoms. The maximum atomic E-state index is 11.8. The molecule has 0 heterocycles. The monoisotopic (exact) mass is 297 g/mol. The number of allylic oxidation sites excluding steroid dienone is 1. The first-order valence-electron chi connectivity index (χ1n) is 8.11. The number of carboxylic acid groups (broad SMARTS) is 1. The molecule has 0 aliphatic carbocycles. The second-order valence-electron chi connectivity index (χ2n) is 6.02. The Morgan fingerprint density at radius 3 is 2.43 bits per heavy atom. The van der Waals surface area contributed by atoms with Gasteiger partial charge in [0.15, 0.2) is 0 Å². The summed E-state index contributed by atoms with van der Waals surface area (Å²) < 4.78 is 0. The average molecular weight is 297 g/mol. The number of carbonyl (C=O) groups is 2. The first-order chi connectivity index (χ1) is 9.95. The normalized spacial score (nSPS) is 12.8. The summed E-state index contributed by atoms with van der Waals surface area (Å²) in [5, 5.41) is 11.7. The number of nitrogens with one attached hydrogen (secondary N) is 1. The van der Waals surface area contributed by atoms with Crippen LogP contribution in [0.5, 0.6) is 0 Å². The van der Waals surface area contributed by atoms with E-state index in [-0.39, 0.29) is 18.4 Å². The van der Waals surface area contributed by atoms with Crippen LogP contribution in [-0.2, 0) is 9.59 Å². The van der Waals surface area contributed by atoms with Crippen molar-refractivity contribution in [1.29, 1.82) is 0 Å². The lowest BCUT2D eigenvalue weighted by atomic mass is 10.0. The maximum absolute atomic E-state index is 11.8. The Balaban J connectivity index is 3.96. The third-order valence-electron chi connectivity index (χ3n) is 3.24. The van der Waals surface area contributed by atoms with Gasteiger partial charge in [-0.3, -0.25) is 9.59 Å². The Morgan fingerprint density at radius 2 is 1.86 bits per heavy atom. The zero-order valence-corrected chi connectivity index (χ0v) is 13.7. The molecule has 0 rings (SSSR count). The molecule has 0 bridgehead atoms. The van der Waals surface area contributed by atoms with Crippen LogP contribution in [0.4, 0.5) is 0 Å². The molecular weight excluding hydrogens is 266 g/mol. The minimum Gasteiger partial charge on any atom is -0.481 e. The van der Waals surface area contributed by atoms with Gasteiger partial charge < -0.3 is 10.4 Å². The molecule has 0 aliphatic rings. The molecule has 0 fully saturated rings. The molecular formula is C17H31NO3. The van der Waals surface area contributed by atoms with Crippen molar-refractivity contribution in [3.05, 3.63) is 12.2 Å². The molecule has 0 saturated heterocycles. The van der Waals surface area contributed by atoms with Crippen LogP contribution in [0.15, 0.2) is 12.2 Å². The van der Waals surface area contributed by atoms with Gasteiger partial charge >= 0.3 is 5.97 Å². The zero-order valence-electron chi connectivity index (χ0n) is 13.7. The minimum atomic E-state index is -0.868. The van der Waals surface area contributed by atoms with E-state index in [1.807, 2.05) is 26.0 Å². The summed E-state index contributed by atoms with van der Waals surface area (Å²) in [4.78, 5) is 22.6. The molecule has 0 radical (unpaired) electrons. The van der Waals surface area contributed by atoms with Crippen LogP contribution in [0, 0.1) is 5.92 Å². The lowest BCUT2D eigenvalue weighted by Gasteiger charge is -2.18. The second-order valence-corrected chi connectivity index (χ2v) is 6.02. The van der Waals surface area contributed by atoms with Crippen molar-refractivity contribution in [1.82, 2.24) is 5.32 Å². The maximum Gasteiger partial charge on any atom is 0.305 e. The van der Waals surface area contributed by atoms with Gasteiger partial charge in [-0.05, 0) is 25.2 Å². The van der Waals surface area contributed by atoms with Crippen molar-refractivity contribution in [3.8, 4) is 0 Å². The predicted molar refractivity (Wildman–Crippen MR) is 86.2 cm³/mol. The summed E-state index contributed by atoms with van der Waals surface area (Å²) in [6, 6.07) is -0.270. The van der Waals surface area contributed by atoms with Gasteiger partial charge in [0.25, 0.3) is 0 Å². The fourth-order valence-electron chi connectivity index (χ4n) is 2.26. The Hall–Kier alpha value is -1.32. The fraction of sp³-hybridized carbons (Fsp3) is 0.765. The van der Waals surface area contributed by atoms with Crippen molar-refractivity contribution < 1.29 is 14.7 Å². The number of hydrogen-bond acceptors (Lipinski definition) is 2. The van der Waals surface area contributed by atoms with Crippen LogP contribution >= 0.6 is 0 Å². The molecule has 1 amide bonds. The van der Waals surface area contributed by atoms with Crippen molar-refractivity contribution in [2.24, 2.45) is 5.92 Å². The van der Waals surface area contributed by atoms with Gasteiger partial charge in [-0.25, -0.2) is 0 Å². The van der Waals surface area contributed by atoms with Crippen LogP contribution in [-0.4, -0.2) is 23.0 Å². The lowest BCUT2D eigenvalue weighted by Crippen LogP contribution is -2.37. The second kappa shape index (κ2) is 12.4. The van der Waals surface area contributed by atoms with Gasteiger partial charge in [-0.15, -0.1) is 0 Å². The van der Waals surface area contributed by atoms with Crippen molar-refractivity contribution in [3.63, 3.8) is 0 Å². The number of unbranched alkanes of at least 4 members (excludes halogenated alkanes) is 4. The topological polar surface area (TPSA) is 66.4 Å². The van der Waals surface area contributed by atoms with Crippen LogP contribution in [0.1, 0.15) is 72.1 Å². The van der Waals surface area contributed by atoms with E-state index < -0.39 is 5.97 Å². The van der Waals surface area contributed by atoms with Gasteiger partial charge in [0, 0.05) is 12.5 Å². The highest BCUT2D eigenvalue weighted by Gasteiger charge is 2.16. The van der Waals surface area contributed by atoms with Crippen LogP contribution in [0.25, 0.3) is 0 Å². The first kappa shape index (κ1) is 19.7. The fourth-order valence-corrected chi connectivity index (χ4v) is 2.26. The van der Waals surface area contributed by atoms with Gasteiger partial charge in [0.05, 0.1) is 6.42 Å². The van der Waals surface area contributed by atoms with Crippen LogP contribution < -0.4 is 5.32 Å². The number of aliphatic carboxylic acids is 1. The van der Waals surface area contributed by atoms with E-state index in [0.29, 0.717) is 18.8 Å². The van der Waals surface area contributed by atoms with E-state index in [0.717, 1.165) is 6.42 Å². The van der Waals surface area contributed by atoms with Crippen molar-refractivity contribution in [2.45, 2.75) is 78.2 Å². The predicted octanol–water partition coefficient (Wildman–Crippen LogP) is 3.91. The number of hydrogen-bond donors (Lipinski definition) is 2. The highest BCUT2D eigenvalue weighted by Crippen LogP contribution is 2.08. The van der Waals surface area contributed by atoms with Crippen molar-refractivity contribution >= 4 is 11.9 Å². The molecule has 1 atom stereocenters. The third-order valence-corrected chi connectivity index (χ3v) is 3.24. The average Bonchev–Trinajstić information content (AvgIpc) is 2.36. The van der Waals surface area contributed by atoms with Gasteiger partial charge in [0.2, 0.25) is 5.91 Å². The smallest absolute Gasteiger partial charge is 0.305 e. The molecule has 4 heteroatoms. The summed E-state index contributed by atoms with van der Waals surface area (Å²) >= 11 is 0. The molecule has 0 aromatic heterocycles. The quantitative estimate of drug-likeness (QED) is 0.424. The van der Waals surface area contributed by atoms with Gasteiger partial charge in [0.1, 0.15) is 0 Å². The SMILES string of the molecule is CCCCCC/C=C/CC(=O)N[C@@H](CC(=O)O)CC(C)C. The van der Waals surface area contributed by atoms with Crippen LogP contribution in [0.2, 0.25) is 0 Å². The summed E-state index contributed by atoms with van der Waals surface area (Å²) in [6.07, 6.45) is 10.9.